The van der Waals surface area contributed by atoms with E-state index in [0.717, 1.165) is 6.92 Å². The molecule has 0 radical (unpaired) electrons. The minimum atomic E-state index is -1.72. The molecule has 0 N–H and O–H groups in total. The Kier molecular flexibility index (Phi) is 3.33. The van der Waals surface area contributed by atoms with Gasteiger partial charge in [0.25, 0.3) is 5.69 Å². The Balaban J connectivity index is 2.73. The van der Waals surface area contributed by atoms with Crippen LogP contribution < -0.4 is 4.74 Å². The molecule has 6 heteroatoms. The van der Waals surface area contributed by atoms with Crippen LogP contribution >= 0.6 is 0 Å². The molecule has 1 atom stereocenters. The van der Waals surface area contributed by atoms with Crippen LogP contribution in [-0.4, -0.2) is 17.1 Å². The number of ether oxygens (including phenoxy) is 1. The van der Waals surface area contributed by atoms with Crippen molar-refractivity contribution in [3.63, 3.8) is 0 Å². The smallest absolute Gasteiger partial charge is 0.345 e. The maximum atomic E-state index is 12.4. The van der Waals surface area contributed by atoms with E-state index in [1.54, 1.807) is 0 Å². The fourth-order valence-corrected chi connectivity index (χ4v) is 0.833. The Morgan fingerprint density at radius 1 is 1.47 bits per heavy atom. The van der Waals surface area contributed by atoms with Gasteiger partial charge in [0, 0.05) is 12.1 Å². The van der Waals surface area contributed by atoms with Gasteiger partial charge in [-0.05, 0) is 19.1 Å². The number of carbonyl (C=O) groups excluding carboxylic acids is 1. The molecule has 0 aliphatic carbocycles. The maximum Gasteiger partial charge on any atom is 0.345 e. The number of carbonyl (C=O) groups is 1. The minimum Gasteiger partial charge on any atom is -0.424 e. The van der Waals surface area contributed by atoms with Crippen molar-refractivity contribution in [1.82, 2.24) is 0 Å². The molecule has 0 heterocycles. The third-order valence-corrected chi connectivity index (χ3v) is 1.59. The number of benzene rings is 1. The maximum absolute atomic E-state index is 12.4. The quantitative estimate of drug-likeness (QED) is 0.332. The van der Waals surface area contributed by atoms with Gasteiger partial charge in [-0.2, -0.15) is 0 Å². The molecule has 80 valence electrons. The number of nitro benzene ring substituents is 1. The first-order valence-corrected chi connectivity index (χ1v) is 4.11. The van der Waals surface area contributed by atoms with Gasteiger partial charge in [0.2, 0.25) is 0 Å². The standard InChI is InChI=1S/C9H8FNO4/c1-6(10)9(12)15-8-4-2-7(3-5-8)11(13)14/h2-6H,1H3. The molecule has 0 spiro atoms. The summed E-state index contributed by atoms with van der Waals surface area (Å²) in [6.07, 6.45) is -1.72. The van der Waals surface area contributed by atoms with E-state index >= 15 is 0 Å². The molecule has 0 aliphatic heterocycles. The minimum absolute atomic E-state index is 0.0788. The SMILES string of the molecule is CC(F)C(=O)Oc1ccc([N+](=O)[O-])cc1. The monoisotopic (exact) mass is 213 g/mol. The normalized spacial score (nSPS) is 11.9. The summed E-state index contributed by atoms with van der Waals surface area (Å²) in [5.41, 5.74) is -0.122. The van der Waals surface area contributed by atoms with Crippen LogP contribution in [0.3, 0.4) is 0 Å². The summed E-state index contributed by atoms with van der Waals surface area (Å²) in [7, 11) is 0. The van der Waals surface area contributed by atoms with Gasteiger partial charge in [-0.25, -0.2) is 9.18 Å². The van der Waals surface area contributed by atoms with Crippen molar-refractivity contribution in [3.8, 4) is 5.75 Å². The van der Waals surface area contributed by atoms with E-state index in [9.17, 15) is 19.3 Å². The average molecular weight is 213 g/mol. The van der Waals surface area contributed by atoms with Crippen LogP contribution in [-0.2, 0) is 4.79 Å². The number of non-ortho nitro benzene ring substituents is 1. The lowest BCUT2D eigenvalue weighted by atomic mass is 10.3. The second-order valence-electron chi connectivity index (χ2n) is 2.79. The molecular weight excluding hydrogens is 205 g/mol. The van der Waals surface area contributed by atoms with E-state index < -0.39 is 17.1 Å². The van der Waals surface area contributed by atoms with E-state index in [0.29, 0.717) is 0 Å². The van der Waals surface area contributed by atoms with Gasteiger partial charge < -0.3 is 4.74 Å². The molecule has 0 bridgehead atoms. The van der Waals surface area contributed by atoms with Crippen molar-refractivity contribution in [2.45, 2.75) is 13.1 Å². The lowest BCUT2D eigenvalue weighted by molar-refractivity contribution is -0.384. The topological polar surface area (TPSA) is 69.4 Å². The summed E-state index contributed by atoms with van der Waals surface area (Å²) in [4.78, 5) is 20.5. The third-order valence-electron chi connectivity index (χ3n) is 1.59. The average Bonchev–Trinajstić information content (AvgIpc) is 2.18. The number of rotatable bonds is 3. The zero-order valence-corrected chi connectivity index (χ0v) is 7.84. The van der Waals surface area contributed by atoms with E-state index in [2.05, 4.69) is 4.74 Å². The van der Waals surface area contributed by atoms with E-state index in [4.69, 9.17) is 0 Å². The van der Waals surface area contributed by atoms with Crippen LogP contribution in [0.25, 0.3) is 0 Å². The number of nitro groups is 1. The second kappa shape index (κ2) is 4.50. The van der Waals surface area contributed by atoms with Gasteiger partial charge in [-0.1, -0.05) is 0 Å². The van der Waals surface area contributed by atoms with Crippen LogP contribution in [0.5, 0.6) is 5.75 Å². The van der Waals surface area contributed by atoms with Crippen molar-refractivity contribution < 1.29 is 18.8 Å². The van der Waals surface area contributed by atoms with Crippen molar-refractivity contribution in [2.24, 2.45) is 0 Å². The van der Waals surface area contributed by atoms with Crippen LogP contribution in [0.15, 0.2) is 24.3 Å². The fraction of sp³-hybridized carbons (Fsp3) is 0.222. The van der Waals surface area contributed by atoms with Gasteiger partial charge >= 0.3 is 5.97 Å². The van der Waals surface area contributed by atoms with Crippen molar-refractivity contribution >= 4 is 11.7 Å². The lowest BCUT2D eigenvalue weighted by Gasteiger charge is -2.03. The first-order valence-electron chi connectivity index (χ1n) is 4.11. The first kappa shape index (κ1) is 11.1. The molecule has 5 nitrogen and oxygen atoms in total. The summed E-state index contributed by atoms with van der Waals surface area (Å²) in [6.45, 7) is 1.05. The van der Waals surface area contributed by atoms with Crippen LogP contribution in [0, 0.1) is 10.1 Å². The molecule has 0 aliphatic rings. The number of nitrogens with zero attached hydrogens (tertiary/aromatic N) is 1. The molecular formula is C9H8FNO4. The molecule has 0 fully saturated rings. The molecule has 1 aromatic rings. The Morgan fingerprint density at radius 3 is 2.40 bits per heavy atom. The van der Waals surface area contributed by atoms with E-state index in [1.165, 1.54) is 24.3 Å². The Morgan fingerprint density at radius 2 is 2.00 bits per heavy atom. The highest BCUT2D eigenvalue weighted by molar-refractivity contribution is 5.76. The van der Waals surface area contributed by atoms with E-state index in [1.807, 2.05) is 0 Å². The molecule has 0 saturated heterocycles. The number of esters is 1. The molecule has 1 rings (SSSR count). The van der Waals surface area contributed by atoms with Crippen molar-refractivity contribution in [3.05, 3.63) is 34.4 Å². The largest absolute Gasteiger partial charge is 0.424 e. The summed E-state index contributed by atoms with van der Waals surface area (Å²) >= 11 is 0. The highest BCUT2D eigenvalue weighted by Crippen LogP contribution is 2.17. The van der Waals surface area contributed by atoms with Crippen LogP contribution in [0.4, 0.5) is 10.1 Å². The van der Waals surface area contributed by atoms with Crippen LogP contribution in [0.2, 0.25) is 0 Å². The predicted octanol–water partition coefficient (Wildman–Crippen LogP) is 1.86. The van der Waals surface area contributed by atoms with Gasteiger partial charge in [0.05, 0.1) is 4.92 Å². The van der Waals surface area contributed by atoms with Gasteiger partial charge in [-0.15, -0.1) is 0 Å². The van der Waals surface area contributed by atoms with Gasteiger partial charge in [0.1, 0.15) is 5.75 Å². The number of halogens is 1. The summed E-state index contributed by atoms with van der Waals surface area (Å²) < 4.78 is 17.0. The first-order chi connectivity index (χ1) is 7.00. The van der Waals surface area contributed by atoms with Gasteiger partial charge in [-0.3, -0.25) is 10.1 Å². The molecule has 0 saturated carbocycles. The van der Waals surface area contributed by atoms with Gasteiger partial charge in [0.15, 0.2) is 6.17 Å². The summed E-state index contributed by atoms with van der Waals surface area (Å²) in [6, 6.07) is 4.81. The number of hydrogen-bond acceptors (Lipinski definition) is 4. The number of alkyl halides is 1. The van der Waals surface area contributed by atoms with E-state index in [-0.39, 0.29) is 11.4 Å². The lowest BCUT2D eigenvalue weighted by Crippen LogP contribution is -2.18. The van der Waals surface area contributed by atoms with Crippen molar-refractivity contribution in [2.75, 3.05) is 0 Å². The Hall–Kier alpha value is -1.98. The second-order valence-corrected chi connectivity index (χ2v) is 2.79. The Bertz CT molecular complexity index is 374. The molecule has 0 aromatic heterocycles. The number of hydrogen-bond donors (Lipinski definition) is 0. The Labute approximate surface area is 84.6 Å². The highest BCUT2D eigenvalue weighted by Gasteiger charge is 2.14. The predicted molar refractivity (Wildman–Crippen MR) is 49.3 cm³/mol. The fourth-order valence-electron chi connectivity index (χ4n) is 0.833. The zero-order chi connectivity index (χ0) is 11.4. The molecule has 15 heavy (non-hydrogen) atoms. The van der Waals surface area contributed by atoms with Crippen molar-refractivity contribution in [1.29, 1.82) is 0 Å². The molecule has 0 amide bonds. The molecule has 1 aromatic carbocycles. The molecule has 1 unspecified atom stereocenters. The van der Waals surface area contributed by atoms with Crippen LogP contribution in [0.1, 0.15) is 6.92 Å². The summed E-state index contributed by atoms with van der Waals surface area (Å²) in [5, 5.41) is 10.3. The third kappa shape index (κ3) is 3.01. The zero-order valence-electron chi connectivity index (χ0n) is 7.84. The highest BCUT2D eigenvalue weighted by atomic mass is 19.1. The summed E-state index contributed by atoms with van der Waals surface area (Å²) in [5.74, 6) is -0.945.